The van der Waals surface area contributed by atoms with E-state index in [-0.39, 0.29) is 0 Å². The maximum atomic E-state index is 12.4. The van der Waals surface area contributed by atoms with E-state index in [1.165, 1.54) is 23.2 Å². The lowest BCUT2D eigenvalue weighted by molar-refractivity contribution is 0.356. The van der Waals surface area contributed by atoms with E-state index >= 15 is 0 Å². The average Bonchev–Trinajstić information content (AvgIpc) is 3.38. The van der Waals surface area contributed by atoms with Crippen molar-refractivity contribution in [2.75, 3.05) is 11.9 Å². The van der Waals surface area contributed by atoms with Crippen LogP contribution in [0, 0.1) is 6.92 Å². The Bertz CT molecular complexity index is 1320. The second kappa shape index (κ2) is 7.73. The van der Waals surface area contributed by atoms with Crippen molar-refractivity contribution in [1.82, 2.24) is 9.97 Å². The summed E-state index contributed by atoms with van der Waals surface area (Å²) >= 11 is 1.52. The summed E-state index contributed by atoms with van der Waals surface area (Å²) in [5.74, 6) is -0.0675. The third kappa shape index (κ3) is 3.95. The van der Waals surface area contributed by atoms with E-state index < -0.39 is 13.4 Å². The molecule has 1 atom stereocenters. The van der Waals surface area contributed by atoms with Crippen molar-refractivity contribution in [1.29, 1.82) is 0 Å². The minimum atomic E-state index is -4.53. The van der Waals surface area contributed by atoms with Crippen LogP contribution >= 0.6 is 18.9 Å². The minimum absolute atomic E-state index is 0.393. The average molecular weight is 453 g/mol. The van der Waals surface area contributed by atoms with Crippen LogP contribution in [0.15, 0.2) is 54.9 Å². The standard InChI is InChI=1S/C22H20N3O4PS/c1-13-2-4-14(5-3-13)19-11-17-20(23-12-24-22(17)31-19)25-21(30(26,27)28)16-6-7-18-15(10-16)8-9-29-18/h2-7,10-12,21H,8-9H2,1H3,(H,23,24,25)(H2,26,27,28). The molecule has 0 fully saturated rings. The van der Waals surface area contributed by atoms with Crippen LogP contribution in [0.3, 0.4) is 0 Å². The summed E-state index contributed by atoms with van der Waals surface area (Å²) in [6, 6.07) is 15.4. The Labute approximate surface area is 182 Å². The Hall–Kier alpha value is -2.77. The number of thiophene rings is 1. The first-order valence-electron chi connectivity index (χ1n) is 9.77. The van der Waals surface area contributed by atoms with Crippen LogP contribution in [-0.4, -0.2) is 26.4 Å². The molecule has 1 aliphatic heterocycles. The van der Waals surface area contributed by atoms with Crippen LogP contribution < -0.4 is 10.1 Å². The Morgan fingerprint density at radius 3 is 2.71 bits per heavy atom. The minimum Gasteiger partial charge on any atom is -0.493 e. The zero-order valence-corrected chi connectivity index (χ0v) is 18.4. The molecule has 0 saturated heterocycles. The lowest BCUT2D eigenvalue weighted by atomic mass is 10.1. The molecule has 2 aromatic heterocycles. The lowest BCUT2D eigenvalue weighted by Gasteiger charge is -2.21. The first-order valence-corrected chi connectivity index (χ1v) is 12.3. The van der Waals surface area contributed by atoms with Crippen LogP contribution in [0.2, 0.25) is 0 Å². The number of aromatic nitrogens is 2. The number of nitrogens with one attached hydrogen (secondary N) is 1. The first kappa shape index (κ1) is 20.2. The van der Waals surface area contributed by atoms with E-state index in [1.54, 1.807) is 18.2 Å². The highest BCUT2D eigenvalue weighted by atomic mass is 32.1. The maximum absolute atomic E-state index is 12.4. The number of hydrogen-bond donors (Lipinski definition) is 3. The second-order valence-corrected chi connectivity index (χ2v) is 10.2. The summed E-state index contributed by atoms with van der Waals surface area (Å²) in [4.78, 5) is 30.6. The van der Waals surface area contributed by atoms with E-state index in [0.717, 1.165) is 38.4 Å². The van der Waals surface area contributed by atoms with Gasteiger partial charge in [0, 0.05) is 11.3 Å². The fraction of sp³-hybridized carbons (Fsp3) is 0.182. The fourth-order valence-corrected chi connectivity index (χ4v) is 5.54. The van der Waals surface area contributed by atoms with Gasteiger partial charge in [-0.05, 0) is 41.8 Å². The largest absolute Gasteiger partial charge is 0.493 e. The molecule has 158 valence electrons. The van der Waals surface area contributed by atoms with Crippen molar-refractivity contribution in [3.63, 3.8) is 0 Å². The van der Waals surface area contributed by atoms with Gasteiger partial charge in [0.15, 0.2) is 5.78 Å². The van der Waals surface area contributed by atoms with Gasteiger partial charge in [0.05, 0.1) is 12.0 Å². The molecular weight excluding hydrogens is 433 g/mol. The molecule has 0 radical (unpaired) electrons. The van der Waals surface area contributed by atoms with Crippen molar-refractivity contribution >= 4 is 35.0 Å². The highest BCUT2D eigenvalue weighted by molar-refractivity contribution is 7.52. The normalized spacial score (nSPS) is 14.3. The van der Waals surface area contributed by atoms with Gasteiger partial charge in [-0.25, -0.2) is 9.97 Å². The number of fused-ring (bicyclic) bond motifs is 2. The molecule has 1 aliphatic rings. The van der Waals surface area contributed by atoms with Gasteiger partial charge in [0.25, 0.3) is 0 Å². The Balaban J connectivity index is 1.54. The molecule has 2 aromatic carbocycles. The quantitative estimate of drug-likeness (QED) is 0.370. The van der Waals surface area contributed by atoms with Gasteiger partial charge in [0.1, 0.15) is 22.7 Å². The molecule has 1 unspecified atom stereocenters. The van der Waals surface area contributed by atoms with Gasteiger partial charge < -0.3 is 19.8 Å². The number of nitrogens with zero attached hydrogens (tertiary/aromatic N) is 2. The number of hydrogen-bond acceptors (Lipinski definition) is 6. The van der Waals surface area contributed by atoms with Crippen molar-refractivity contribution in [3.05, 3.63) is 71.5 Å². The lowest BCUT2D eigenvalue weighted by Crippen LogP contribution is -2.13. The number of aryl methyl sites for hydroxylation is 1. The highest BCUT2D eigenvalue weighted by Crippen LogP contribution is 2.52. The summed E-state index contributed by atoms with van der Waals surface area (Å²) in [6.07, 6.45) is 2.13. The van der Waals surface area contributed by atoms with Gasteiger partial charge in [-0.2, -0.15) is 0 Å². The summed E-state index contributed by atoms with van der Waals surface area (Å²) in [5.41, 5.74) is 3.68. The molecule has 0 bridgehead atoms. The van der Waals surface area contributed by atoms with Crippen LogP contribution in [0.1, 0.15) is 22.5 Å². The molecule has 9 heteroatoms. The van der Waals surface area contributed by atoms with E-state index in [4.69, 9.17) is 4.74 Å². The van der Waals surface area contributed by atoms with E-state index in [9.17, 15) is 14.4 Å². The smallest absolute Gasteiger partial charge is 0.352 e. The summed E-state index contributed by atoms with van der Waals surface area (Å²) in [6.45, 7) is 2.62. The van der Waals surface area contributed by atoms with E-state index in [1.807, 2.05) is 37.3 Å². The second-order valence-electron chi connectivity index (χ2n) is 7.52. The topological polar surface area (TPSA) is 105 Å². The number of rotatable bonds is 5. The van der Waals surface area contributed by atoms with Crippen molar-refractivity contribution in [2.45, 2.75) is 19.1 Å². The summed E-state index contributed by atoms with van der Waals surface area (Å²) in [5, 5.41) is 3.72. The van der Waals surface area contributed by atoms with Gasteiger partial charge in [-0.3, -0.25) is 4.57 Å². The zero-order valence-electron chi connectivity index (χ0n) is 16.6. The number of ether oxygens (including phenoxy) is 1. The third-order valence-electron chi connectivity index (χ3n) is 5.30. The van der Waals surface area contributed by atoms with Crippen LogP contribution in [0.25, 0.3) is 20.7 Å². The molecule has 0 saturated carbocycles. The van der Waals surface area contributed by atoms with Gasteiger partial charge in [-0.1, -0.05) is 35.9 Å². The van der Waals surface area contributed by atoms with Crippen LogP contribution in [0.5, 0.6) is 5.75 Å². The van der Waals surface area contributed by atoms with Crippen molar-refractivity contribution < 1.29 is 19.1 Å². The molecule has 5 rings (SSSR count). The molecule has 3 heterocycles. The molecule has 7 nitrogen and oxygen atoms in total. The first-order chi connectivity index (χ1) is 14.9. The predicted molar refractivity (Wildman–Crippen MR) is 122 cm³/mol. The van der Waals surface area contributed by atoms with E-state index in [0.29, 0.717) is 18.0 Å². The molecular formula is C22H20N3O4PS. The zero-order chi connectivity index (χ0) is 21.6. The SMILES string of the molecule is Cc1ccc(-c2cc3c(NC(c4ccc5c(c4)CCO5)P(=O)(O)O)ncnc3s2)cc1. The molecule has 31 heavy (non-hydrogen) atoms. The van der Waals surface area contributed by atoms with E-state index in [2.05, 4.69) is 15.3 Å². The number of anilines is 1. The van der Waals surface area contributed by atoms with Crippen LogP contribution in [0.4, 0.5) is 5.82 Å². The Kier molecular flexibility index (Phi) is 5.02. The molecule has 0 amide bonds. The van der Waals surface area contributed by atoms with Crippen LogP contribution in [-0.2, 0) is 11.0 Å². The Morgan fingerprint density at radius 2 is 1.94 bits per heavy atom. The molecule has 0 spiro atoms. The summed E-state index contributed by atoms with van der Waals surface area (Å²) < 4.78 is 17.9. The molecule has 4 aromatic rings. The van der Waals surface area contributed by atoms with Gasteiger partial charge in [0.2, 0.25) is 0 Å². The Morgan fingerprint density at radius 1 is 1.13 bits per heavy atom. The predicted octanol–water partition coefficient (Wildman–Crippen LogP) is 4.89. The summed E-state index contributed by atoms with van der Waals surface area (Å²) in [7, 11) is -4.53. The number of benzene rings is 2. The monoisotopic (exact) mass is 453 g/mol. The van der Waals surface area contributed by atoms with Gasteiger partial charge in [-0.15, -0.1) is 11.3 Å². The van der Waals surface area contributed by atoms with Gasteiger partial charge >= 0.3 is 7.60 Å². The maximum Gasteiger partial charge on any atom is 0.352 e. The highest BCUT2D eigenvalue weighted by Gasteiger charge is 2.32. The molecule has 0 aliphatic carbocycles. The van der Waals surface area contributed by atoms with Crippen molar-refractivity contribution in [2.24, 2.45) is 0 Å². The van der Waals surface area contributed by atoms with Crippen molar-refractivity contribution in [3.8, 4) is 16.2 Å². The molecule has 3 N–H and O–H groups in total. The fourth-order valence-electron chi connectivity index (χ4n) is 3.70. The third-order valence-corrected chi connectivity index (χ3v) is 7.50.